The summed E-state index contributed by atoms with van der Waals surface area (Å²) in [4.78, 5) is 26.2. The Morgan fingerprint density at radius 2 is 1.79 bits per heavy atom. The van der Waals surface area contributed by atoms with Crippen LogP contribution in [0.2, 0.25) is 0 Å². The van der Waals surface area contributed by atoms with E-state index in [0.29, 0.717) is 38.1 Å². The second kappa shape index (κ2) is 6.91. The van der Waals surface area contributed by atoms with Crippen molar-refractivity contribution in [2.75, 3.05) is 19.7 Å². The molecule has 0 bridgehead atoms. The third-order valence-corrected chi connectivity index (χ3v) is 4.50. The minimum Gasteiger partial charge on any atom is -0.507 e. The van der Waals surface area contributed by atoms with Crippen molar-refractivity contribution < 1.29 is 19.4 Å². The van der Waals surface area contributed by atoms with Crippen molar-refractivity contribution in [3.05, 3.63) is 42.0 Å². The molecule has 0 spiro atoms. The number of carbonyl (C=O) groups is 2. The lowest BCUT2D eigenvalue weighted by molar-refractivity contribution is -0.149. The summed E-state index contributed by atoms with van der Waals surface area (Å²) in [7, 11) is 0. The second-order valence-corrected chi connectivity index (χ2v) is 6.04. The first-order chi connectivity index (χ1) is 11.6. The van der Waals surface area contributed by atoms with Gasteiger partial charge in [-0.2, -0.15) is 0 Å². The predicted octanol–water partition coefficient (Wildman–Crippen LogP) is 2.96. The molecule has 0 saturated carbocycles. The molecule has 0 atom stereocenters. The quantitative estimate of drug-likeness (QED) is 0.880. The van der Waals surface area contributed by atoms with Gasteiger partial charge >= 0.3 is 5.97 Å². The van der Waals surface area contributed by atoms with E-state index < -0.39 is 0 Å². The maximum atomic E-state index is 12.7. The van der Waals surface area contributed by atoms with Crippen LogP contribution in [0, 0.1) is 5.92 Å². The first-order valence-corrected chi connectivity index (χ1v) is 8.28. The van der Waals surface area contributed by atoms with Crippen molar-refractivity contribution in [1.29, 1.82) is 0 Å². The number of hydrogen-bond acceptors (Lipinski definition) is 4. The van der Waals surface area contributed by atoms with Crippen molar-refractivity contribution in [1.82, 2.24) is 4.90 Å². The number of fused-ring (bicyclic) bond motifs is 1. The zero-order chi connectivity index (χ0) is 17.1. The monoisotopic (exact) mass is 327 g/mol. The summed E-state index contributed by atoms with van der Waals surface area (Å²) < 4.78 is 5.05. The molecule has 24 heavy (non-hydrogen) atoms. The fraction of sp³-hybridized carbons (Fsp3) is 0.368. The zero-order valence-electron chi connectivity index (χ0n) is 13.7. The number of hydrogen-bond donors (Lipinski definition) is 1. The molecule has 1 aliphatic heterocycles. The first-order valence-electron chi connectivity index (χ1n) is 8.28. The van der Waals surface area contributed by atoms with Crippen LogP contribution in [0.1, 0.15) is 30.1 Å². The van der Waals surface area contributed by atoms with Gasteiger partial charge in [0, 0.05) is 13.1 Å². The number of aromatic hydroxyl groups is 1. The number of esters is 1. The van der Waals surface area contributed by atoms with E-state index in [1.165, 1.54) is 0 Å². The van der Waals surface area contributed by atoms with Crippen LogP contribution in [0.3, 0.4) is 0 Å². The molecule has 5 nitrogen and oxygen atoms in total. The van der Waals surface area contributed by atoms with Gasteiger partial charge in [-0.15, -0.1) is 0 Å². The van der Waals surface area contributed by atoms with Crippen molar-refractivity contribution in [2.45, 2.75) is 19.8 Å². The molecule has 2 aromatic rings. The standard InChI is InChI=1S/C19H21NO4/c1-2-24-19(23)13-7-9-20(10-8-13)18(22)16-11-14-5-3-4-6-15(14)12-17(16)21/h3-6,11-13,21H,2,7-10H2,1H3. The number of likely N-dealkylation sites (tertiary alicyclic amines) is 1. The Hall–Kier alpha value is -2.56. The van der Waals surface area contributed by atoms with E-state index in [4.69, 9.17) is 4.74 Å². The SMILES string of the molecule is CCOC(=O)C1CCN(C(=O)c2cc3ccccc3cc2O)CC1. The fourth-order valence-electron chi connectivity index (χ4n) is 3.15. The van der Waals surface area contributed by atoms with E-state index >= 15 is 0 Å². The van der Waals surface area contributed by atoms with Crippen LogP contribution in [0.4, 0.5) is 0 Å². The summed E-state index contributed by atoms with van der Waals surface area (Å²) in [6.07, 6.45) is 1.19. The summed E-state index contributed by atoms with van der Waals surface area (Å²) in [5.41, 5.74) is 0.309. The van der Waals surface area contributed by atoms with E-state index in [-0.39, 0.29) is 23.5 Å². The molecule has 3 rings (SSSR count). The highest BCUT2D eigenvalue weighted by Crippen LogP contribution is 2.28. The van der Waals surface area contributed by atoms with Gasteiger partial charge in [0.15, 0.2) is 0 Å². The Morgan fingerprint density at radius 1 is 1.17 bits per heavy atom. The zero-order valence-corrected chi connectivity index (χ0v) is 13.7. The molecule has 1 heterocycles. The minimum absolute atomic E-state index is 0.00813. The lowest BCUT2D eigenvalue weighted by atomic mass is 9.96. The van der Waals surface area contributed by atoms with Gasteiger partial charge in [-0.05, 0) is 42.7 Å². The molecule has 1 fully saturated rings. The topological polar surface area (TPSA) is 66.8 Å². The van der Waals surface area contributed by atoms with Crippen LogP contribution in [0.15, 0.2) is 36.4 Å². The van der Waals surface area contributed by atoms with Gasteiger partial charge in [-0.25, -0.2) is 0 Å². The van der Waals surface area contributed by atoms with Crippen LogP contribution < -0.4 is 0 Å². The average molecular weight is 327 g/mol. The molecule has 1 saturated heterocycles. The molecule has 2 aromatic carbocycles. The Bertz CT molecular complexity index is 763. The van der Waals surface area contributed by atoms with E-state index in [9.17, 15) is 14.7 Å². The number of carbonyl (C=O) groups excluding carboxylic acids is 2. The van der Waals surface area contributed by atoms with Crippen LogP contribution in [0.25, 0.3) is 10.8 Å². The van der Waals surface area contributed by atoms with Gasteiger partial charge in [0.2, 0.25) is 0 Å². The summed E-state index contributed by atoms with van der Waals surface area (Å²) in [5, 5.41) is 12.0. The lowest BCUT2D eigenvalue weighted by Gasteiger charge is -2.31. The number of phenols is 1. The summed E-state index contributed by atoms with van der Waals surface area (Å²) >= 11 is 0. The van der Waals surface area contributed by atoms with Crippen molar-refractivity contribution in [2.24, 2.45) is 5.92 Å². The maximum Gasteiger partial charge on any atom is 0.309 e. The largest absolute Gasteiger partial charge is 0.507 e. The number of rotatable bonds is 3. The average Bonchev–Trinajstić information content (AvgIpc) is 2.61. The third kappa shape index (κ3) is 3.20. The van der Waals surface area contributed by atoms with Gasteiger partial charge in [0.25, 0.3) is 5.91 Å². The molecule has 1 aliphatic rings. The smallest absolute Gasteiger partial charge is 0.309 e. The first kappa shape index (κ1) is 16.3. The van der Waals surface area contributed by atoms with Crippen LogP contribution >= 0.6 is 0 Å². The second-order valence-electron chi connectivity index (χ2n) is 6.04. The Morgan fingerprint density at radius 3 is 2.42 bits per heavy atom. The van der Waals surface area contributed by atoms with Gasteiger partial charge in [-0.3, -0.25) is 9.59 Å². The van der Waals surface area contributed by atoms with Crippen LogP contribution in [-0.2, 0) is 9.53 Å². The number of amides is 1. The minimum atomic E-state index is -0.194. The molecule has 0 aliphatic carbocycles. The summed E-state index contributed by atoms with van der Waals surface area (Å²) in [5.74, 6) is -0.524. The normalized spacial score (nSPS) is 15.5. The molecule has 0 unspecified atom stereocenters. The highest BCUT2D eigenvalue weighted by Gasteiger charge is 2.29. The molecule has 1 amide bonds. The number of phenolic OH excluding ortho intramolecular Hbond substituents is 1. The number of benzene rings is 2. The highest BCUT2D eigenvalue weighted by molar-refractivity contribution is 6.01. The van der Waals surface area contributed by atoms with E-state index in [2.05, 4.69) is 0 Å². The highest BCUT2D eigenvalue weighted by atomic mass is 16.5. The molecule has 0 aromatic heterocycles. The molecule has 5 heteroatoms. The number of nitrogens with zero attached hydrogens (tertiary/aromatic N) is 1. The number of piperidine rings is 1. The van der Waals surface area contributed by atoms with Gasteiger partial charge in [-0.1, -0.05) is 24.3 Å². The Labute approximate surface area is 140 Å². The fourth-order valence-corrected chi connectivity index (χ4v) is 3.15. The van der Waals surface area contributed by atoms with Crippen molar-refractivity contribution in [3.63, 3.8) is 0 Å². The Kier molecular flexibility index (Phi) is 4.69. The molecule has 1 N–H and O–H groups in total. The number of ether oxygens (including phenoxy) is 1. The maximum absolute atomic E-state index is 12.7. The molecular formula is C19H21NO4. The summed E-state index contributed by atoms with van der Waals surface area (Å²) in [6.45, 7) is 3.16. The van der Waals surface area contributed by atoms with Crippen molar-refractivity contribution >= 4 is 22.6 Å². The molecule has 0 radical (unpaired) electrons. The van der Waals surface area contributed by atoms with E-state index in [1.54, 1.807) is 24.0 Å². The van der Waals surface area contributed by atoms with Gasteiger partial charge in [0.05, 0.1) is 18.1 Å². The van der Waals surface area contributed by atoms with Crippen molar-refractivity contribution in [3.8, 4) is 5.75 Å². The molecular weight excluding hydrogens is 306 g/mol. The van der Waals surface area contributed by atoms with Crippen LogP contribution in [-0.4, -0.2) is 41.6 Å². The Balaban J connectivity index is 1.74. The third-order valence-electron chi connectivity index (χ3n) is 4.50. The van der Waals surface area contributed by atoms with E-state index in [1.807, 2.05) is 24.3 Å². The van der Waals surface area contributed by atoms with E-state index in [0.717, 1.165) is 10.8 Å². The predicted molar refractivity (Wildman–Crippen MR) is 90.9 cm³/mol. The molecule has 126 valence electrons. The van der Waals surface area contributed by atoms with Gasteiger partial charge in [0.1, 0.15) is 5.75 Å². The lowest BCUT2D eigenvalue weighted by Crippen LogP contribution is -2.40. The summed E-state index contributed by atoms with van der Waals surface area (Å²) in [6, 6.07) is 11.0. The van der Waals surface area contributed by atoms with Crippen LogP contribution in [0.5, 0.6) is 5.75 Å². The van der Waals surface area contributed by atoms with Gasteiger partial charge < -0.3 is 14.7 Å².